The third kappa shape index (κ3) is 8.07. The lowest BCUT2D eigenvalue weighted by molar-refractivity contribution is 0.483. The normalized spacial score (nSPS) is 16.0. The number of pyridine rings is 1. The molecule has 0 aliphatic carbocycles. The van der Waals surface area contributed by atoms with E-state index in [0.29, 0.717) is 22.9 Å². The van der Waals surface area contributed by atoms with Gasteiger partial charge in [0, 0.05) is 40.8 Å². The molecule has 1 spiro atoms. The van der Waals surface area contributed by atoms with Gasteiger partial charge in [-0.2, -0.15) is 0 Å². The van der Waals surface area contributed by atoms with Crippen molar-refractivity contribution < 1.29 is 18.4 Å². The van der Waals surface area contributed by atoms with Crippen molar-refractivity contribution in [2.45, 2.75) is 78.6 Å². The lowest BCUT2D eigenvalue weighted by Crippen LogP contribution is -2.75. The molecule has 0 amide bonds. The molecule has 4 heterocycles. The molecule has 0 N–H and O–H groups in total. The van der Waals surface area contributed by atoms with Crippen molar-refractivity contribution in [2.24, 2.45) is 0 Å². The average molecular weight is 1040 g/mol. The summed E-state index contributed by atoms with van der Waals surface area (Å²) in [6, 6.07) is 49.6. The molecule has 0 bridgehead atoms. The molecule has 0 fully saturated rings. The van der Waals surface area contributed by atoms with Gasteiger partial charge in [0.25, 0.3) is 0 Å². The van der Waals surface area contributed by atoms with Crippen LogP contribution >= 0.6 is 0 Å². The van der Waals surface area contributed by atoms with E-state index in [-0.39, 0.29) is 45.2 Å². The molecule has 5 nitrogen and oxygen atoms in total. The highest BCUT2D eigenvalue weighted by molar-refractivity contribution is 7.23. The van der Waals surface area contributed by atoms with Gasteiger partial charge in [-0.3, -0.25) is 4.90 Å². The van der Waals surface area contributed by atoms with Gasteiger partial charge in [0.05, 0.1) is 36.5 Å². The van der Waals surface area contributed by atoms with Crippen LogP contribution in [0.25, 0.3) is 33.4 Å². The number of nitrogens with zero attached hydrogens (tertiary/aromatic N) is 4. The van der Waals surface area contributed by atoms with Gasteiger partial charge in [-0.15, -0.1) is 0 Å². The van der Waals surface area contributed by atoms with Crippen LogP contribution in [-0.2, 0) is 16.2 Å². The molecule has 0 unspecified atom stereocenters. The first-order chi connectivity index (χ1) is 41.7. The van der Waals surface area contributed by atoms with E-state index in [1.165, 1.54) is 43.0 Å². The molecule has 9 aromatic carbocycles. The Bertz CT molecular complexity index is 4380. The quantitative estimate of drug-likeness (QED) is 0.149. The van der Waals surface area contributed by atoms with E-state index >= 15 is 0 Å². The predicted octanol–water partition coefficient (Wildman–Crippen LogP) is 16.5. The minimum absolute atomic E-state index is 0.0814. The summed E-state index contributed by atoms with van der Waals surface area (Å²) < 4.78 is 95.5. The zero-order valence-electron chi connectivity index (χ0n) is 55.5. The third-order valence-corrected chi connectivity index (χ3v) is 20.8. The predicted molar refractivity (Wildman–Crippen MR) is 331 cm³/mol. The first-order valence-electron chi connectivity index (χ1n) is 31.7. The summed E-state index contributed by atoms with van der Waals surface area (Å²) in [4.78, 5) is 11.5. The molecule has 10 aromatic rings. The molecular formula is C72H66N4OSi. The van der Waals surface area contributed by atoms with Gasteiger partial charge in [0.15, 0.2) is 8.07 Å². The maximum absolute atomic E-state index is 9.17. The van der Waals surface area contributed by atoms with Crippen LogP contribution in [0.15, 0.2) is 224 Å². The van der Waals surface area contributed by atoms with Crippen LogP contribution < -0.4 is 40.2 Å². The number of fused-ring (bicyclic) bond motifs is 10. The summed E-state index contributed by atoms with van der Waals surface area (Å²) in [6.07, 6.45) is 1.91. The summed E-state index contributed by atoms with van der Waals surface area (Å²) >= 11 is 0. The van der Waals surface area contributed by atoms with Gasteiger partial charge in [-0.1, -0.05) is 220 Å². The molecule has 384 valence electrons. The van der Waals surface area contributed by atoms with Crippen molar-refractivity contribution >= 4 is 68.8 Å². The topological polar surface area (TPSA) is 31.8 Å². The first-order valence-corrected chi connectivity index (χ1v) is 28.7. The Morgan fingerprint density at radius 2 is 0.949 bits per heavy atom. The fraction of sp³-hybridized carbons (Fsp3) is 0.181. The summed E-state index contributed by atoms with van der Waals surface area (Å²) in [5, 5.41) is 5.21. The van der Waals surface area contributed by atoms with E-state index in [0.717, 1.165) is 34.1 Å². The van der Waals surface area contributed by atoms with Crippen LogP contribution in [0.5, 0.6) is 11.5 Å². The fourth-order valence-electron chi connectivity index (χ4n) is 11.9. The molecule has 13 rings (SSSR count). The maximum atomic E-state index is 9.17. The monoisotopic (exact) mass is 1040 g/mol. The van der Waals surface area contributed by atoms with Gasteiger partial charge in [-0.25, -0.2) is 4.98 Å². The molecule has 0 saturated carbocycles. The van der Waals surface area contributed by atoms with Crippen LogP contribution in [0.4, 0.5) is 39.9 Å². The van der Waals surface area contributed by atoms with Crippen molar-refractivity contribution in [1.29, 1.82) is 0 Å². The van der Waals surface area contributed by atoms with Gasteiger partial charge in [-0.05, 0) is 124 Å². The number of rotatable bonds is 7. The number of benzene rings is 9. The van der Waals surface area contributed by atoms with E-state index < -0.39 is 68.5 Å². The number of hydrogen-bond acceptors (Lipinski definition) is 5. The van der Waals surface area contributed by atoms with E-state index in [4.69, 9.17) is 17.9 Å². The van der Waals surface area contributed by atoms with Crippen molar-refractivity contribution in [2.75, 3.05) is 21.4 Å². The summed E-state index contributed by atoms with van der Waals surface area (Å²) in [7, 11) is -3.11. The Hall–Kier alpha value is -8.45. The Labute approximate surface area is 476 Å². The van der Waals surface area contributed by atoms with E-state index in [1.807, 2.05) is 59.6 Å². The highest BCUT2D eigenvalue weighted by Gasteiger charge is 2.54. The minimum atomic E-state index is -3.11. The number of aromatic nitrogens is 1. The number of para-hydroxylation sites is 4. The fourth-order valence-corrected chi connectivity index (χ4v) is 17.4. The summed E-state index contributed by atoms with van der Waals surface area (Å²) in [5.74, 6) is 1.96. The molecule has 0 radical (unpaired) electrons. The minimum Gasteiger partial charge on any atom is -0.457 e. The highest BCUT2D eigenvalue weighted by Crippen LogP contribution is 2.51. The Morgan fingerprint density at radius 3 is 1.55 bits per heavy atom. The number of hydrogen-bond donors (Lipinski definition) is 0. The van der Waals surface area contributed by atoms with Gasteiger partial charge < -0.3 is 14.5 Å². The summed E-state index contributed by atoms with van der Waals surface area (Å²) in [6.45, 7) is 20.5. The second kappa shape index (κ2) is 18.4. The van der Waals surface area contributed by atoms with Gasteiger partial charge >= 0.3 is 0 Å². The van der Waals surface area contributed by atoms with Crippen molar-refractivity contribution in [3.05, 3.63) is 241 Å². The SMILES string of the molecule is [2H]c1c([2H])c([2H])c(-c2cccc(-c3c([2H])c([2H])c([2H])c([2H])c3[2H])c2N2CN(c3cccc(Oc4ccc5c(c4)N(c4cc(C(C)(C)C)ccn4)c4ccccc4[Si]54c5ccc(C(C)(C)C)cc5-c5cc(C(C)(C)C)ccc54)c3)c3ccccc32)c([2H])c1[2H]. The van der Waals surface area contributed by atoms with E-state index in [1.54, 1.807) is 18.2 Å². The smallest absolute Gasteiger partial charge is 0.185 e. The van der Waals surface area contributed by atoms with Gasteiger partial charge in [0.2, 0.25) is 0 Å². The van der Waals surface area contributed by atoms with Crippen molar-refractivity contribution in [1.82, 2.24) is 4.98 Å². The lowest BCUT2D eigenvalue weighted by atomic mass is 9.83. The van der Waals surface area contributed by atoms with Crippen LogP contribution in [-0.4, -0.2) is 19.7 Å². The summed E-state index contributed by atoms with van der Waals surface area (Å²) in [5.41, 5.74) is 10.7. The van der Waals surface area contributed by atoms with E-state index in [9.17, 15) is 5.48 Å². The number of anilines is 7. The van der Waals surface area contributed by atoms with Crippen LogP contribution in [0.2, 0.25) is 0 Å². The molecule has 0 saturated heterocycles. The number of ether oxygens (including phenoxy) is 1. The Balaban J connectivity index is 0.968. The highest BCUT2D eigenvalue weighted by atomic mass is 28.3. The average Bonchev–Trinajstić information content (AvgIpc) is 1.43. The Morgan fingerprint density at radius 1 is 0.436 bits per heavy atom. The zero-order chi connectivity index (χ0) is 62.4. The zero-order valence-corrected chi connectivity index (χ0v) is 46.5. The molecule has 3 aliphatic heterocycles. The molecule has 3 aliphatic rings. The van der Waals surface area contributed by atoms with Crippen LogP contribution in [0.1, 0.15) is 92.7 Å². The second-order valence-corrected chi connectivity index (χ2v) is 27.4. The molecule has 78 heavy (non-hydrogen) atoms. The van der Waals surface area contributed by atoms with Crippen LogP contribution in [0, 0.1) is 0 Å². The maximum Gasteiger partial charge on any atom is 0.185 e. The second-order valence-electron chi connectivity index (χ2n) is 23.7. The molecule has 0 atom stereocenters. The molecule has 6 heteroatoms. The van der Waals surface area contributed by atoms with Crippen molar-refractivity contribution in [3.8, 4) is 44.9 Å². The van der Waals surface area contributed by atoms with Gasteiger partial charge in [0.1, 0.15) is 24.0 Å². The van der Waals surface area contributed by atoms with E-state index in [2.05, 4.69) is 163 Å². The molecular weight excluding hydrogens is 965 g/mol. The lowest BCUT2D eigenvalue weighted by Gasteiger charge is -2.43. The van der Waals surface area contributed by atoms with Crippen LogP contribution in [0.3, 0.4) is 0 Å². The molecule has 1 aromatic heterocycles. The standard InChI is InChI=1S/C72H66N4OSi/c1-70(2,3)50-34-37-64-58(42-50)59-43-51(71(4,5)6)35-38-65(59)78(64)66-33-19-18-32-62(66)76(68-44-52(40-41-73-68)72(7,8)9)63-46-55(36-39-67(63)78)77-54-27-20-26-53(45-54)74-47-75(61-31-17-16-30-60(61)74)69-56(48-22-12-10-13-23-48)28-21-29-57(69)49-24-14-11-15-25-49/h10-46H,47H2,1-9H3/i10D,11D,12D,13D,14D,15D,22D,23D,24D,25D. The largest absolute Gasteiger partial charge is 0.457 e. The van der Waals surface area contributed by atoms with Crippen molar-refractivity contribution in [3.63, 3.8) is 0 Å². The third-order valence-electron chi connectivity index (χ3n) is 15.8. The first kappa shape index (κ1) is 39.0. The Kier molecular flexibility index (Phi) is 9.17.